The highest BCUT2D eigenvalue weighted by atomic mass is 32.2. The maximum Gasteiger partial charge on any atom is 0.243 e. The number of halogens is 1. The fourth-order valence-electron chi connectivity index (χ4n) is 2.39. The first kappa shape index (κ1) is 19.1. The minimum absolute atomic E-state index is 0.0359. The Hall–Kier alpha value is -2.25. The van der Waals surface area contributed by atoms with Crippen molar-refractivity contribution in [3.8, 4) is 5.75 Å². The summed E-state index contributed by atoms with van der Waals surface area (Å²) in [5, 5.41) is 0. The Labute approximate surface area is 147 Å². The van der Waals surface area contributed by atoms with Crippen molar-refractivity contribution in [1.82, 2.24) is 4.31 Å². The van der Waals surface area contributed by atoms with Crippen LogP contribution in [0.2, 0.25) is 0 Å². The summed E-state index contributed by atoms with van der Waals surface area (Å²) in [5.74, 6) is -0.571. The molecule has 0 amide bonds. The number of ether oxygens (including phenoxy) is 1. The highest BCUT2D eigenvalue weighted by Gasteiger charge is 2.23. The SMILES string of the molecule is CCN(Cc1ccc(OC)c(F)c1)S(=O)(=O)c1ccc(C(C)=O)cc1. The van der Waals surface area contributed by atoms with E-state index >= 15 is 0 Å². The Morgan fingerprint density at radius 1 is 1.16 bits per heavy atom. The normalized spacial score (nSPS) is 11.6. The van der Waals surface area contributed by atoms with Crippen LogP contribution in [0.5, 0.6) is 5.75 Å². The molecule has 0 aliphatic rings. The molecule has 0 saturated carbocycles. The predicted octanol–water partition coefficient (Wildman–Crippen LogP) is 3.25. The molecule has 2 aromatic carbocycles. The van der Waals surface area contributed by atoms with E-state index in [1.54, 1.807) is 13.0 Å². The molecular formula is C18H20FNO4S. The lowest BCUT2D eigenvalue weighted by molar-refractivity contribution is 0.101. The van der Waals surface area contributed by atoms with Crippen LogP contribution in [0.15, 0.2) is 47.4 Å². The number of carbonyl (C=O) groups excluding carboxylic acids is 1. The second kappa shape index (κ2) is 7.76. The highest BCUT2D eigenvalue weighted by molar-refractivity contribution is 7.89. The summed E-state index contributed by atoms with van der Waals surface area (Å²) >= 11 is 0. The summed E-state index contributed by atoms with van der Waals surface area (Å²) in [7, 11) is -2.39. The zero-order valence-corrected chi connectivity index (χ0v) is 15.1. The third-order valence-corrected chi connectivity index (χ3v) is 5.76. The van der Waals surface area contributed by atoms with Gasteiger partial charge < -0.3 is 4.74 Å². The number of Topliss-reactive ketones (excluding diaryl/α,β-unsaturated/α-hetero) is 1. The fraction of sp³-hybridized carbons (Fsp3) is 0.278. The standard InChI is InChI=1S/C18H20FNO4S/c1-4-20(12-14-5-10-18(24-3)17(19)11-14)25(22,23)16-8-6-15(7-9-16)13(2)21/h5-11H,4,12H2,1-3H3. The highest BCUT2D eigenvalue weighted by Crippen LogP contribution is 2.22. The Balaban J connectivity index is 2.29. The molecule has 0 unspecified atom stereocenters. The number of nitrogens with zero attached hydrogens (tertiary/aromatic N) is 1. The number of hydrogen-bond donors (Lipinski definition) is 0. The number of hydrogen-bond acceptors (Lipinski definition) is 4. The van der Waals surface area contributed by atoms with E-state index in [0.717, 1.165) is 0 Å². The van der Waals surface area contributed by atoms with Crippen molar-refractivity contribution in [2.75, 3.05) is 13.7 Å². The van der Waals surface area contributed by atoms with Gasteiger partial charge in [0.1, 0.15) is 0 Å². The van der Waals surface area contributed by atoms with E-state index in [1.807, 2.05) is 0 Å². The van der Waals surface area contributed by atoms with Crippen molar-refractivity contribution in [3.05, 3.63) is 59.4 Å². The number of benzene rings is 2. The average Bonchev–Trinajstić information content (AvgIpc) is 2.59. The van der Waals surface area contributed by atoms with Crippen molar-refractivity contribution in [2.24, 2.45) is 0 Å². The van der Waals surface area contributed by atoms with Gasteiger partial charge in [-0.25, -0.2) is 12.8 Å². The molecule has 0 atom stereocenters. The first-order valence-electron chi connectivity index (χ1n) is 7.73. The summed E-state index contributed by atoms with van der Waals surface area (Å²) in [6.07, 6.45) is 0. The van der Waals surface area contributed by atoms with Gasteiger partial charge in [-0.05, 0) is 36.8 Å². The Kier molecular flexibility index (Phi) is 5.92. The lowest BCUT2D eigenvalue weighted by atomic mass is 10.2. The molecule has 0 heterocycles. The first-order chi connectivity index (χ1) is 11.8. The van der Waals surface area contributed by atoms with E-state index in [-0.39, 0.29) is 29.5 Å². The van der Waals surface area contributed by atoms with Crippen LogP contribution in [0, 0.1) is 5.82 Å². The molecule has 0 spiro atoms. The molecule has 0 N–H and O–H groups in total. The van der Waals surface area contributed by atoms with Crippen molar-refractivity contribution in [2.45, 2.75) is 25.3 Å². The Bertz CT molecular complexity index is 863. The van der Waals surface area contributed by atoms with Crippen LogP contribution in [0.1, 0.15) is 29.8 Å². The van der Waals surface area contributed by atoms with Crippen molar-refractivity contribution < 1.29 is 22.3 Å². The molecule has 2 rings (SSSR count). The molecule has 25 heavy (non-hydrogen) atoms. The third kappa shape index (κ3) is 4.24. The molecule has 0 saturated heterocycles. The van der Waals surface area contributed by atoms with Gasteiger partial charge in [0, 0.05) is 18.7 Å². The van der Waals surface area contributed by atoms with Gasteiger partial charge in [-0.2, -0.15) is 4.31 Å². The number of rotatable bonds is 7. The van der Waals surface area contributed by atoms with Gasteiger partial charge in [-0.1, -0.05) is 25.1 Å². The number of methoxy groups -OCH3 is 1. The summed E-state index contributed by atoms with van der Waals surface area (Å²) in [4.78, 5) is 11.4. The lowest BCUT2D eigenvalue weighted by Crippen LogP contribution is -2.30. The summed E-state index contributed by atoms with van der Waals surface area (Å²) in [6.45, 7) is 3.39. The zero-order valence-electron chi connectivity index (χ0n) is 14.3. The topological polar surface area (TPSA) is 63.7 Å². The van der Waals surface area contributed by atoms with E-state index in [9.17, 15) is 17.6 Å². The third-order valence-electron chi connectivity index (χ3n) is 3.83. The van der Waals surface area contributed by atoms with Crippen LogP contribution in [0.4, 0.5) is 4.39 Å². The predicted molar refractivity (Wildman–Crippen MR) is 92.7 cm³/mol. The van der Waals surface area contributed by atoms with Gasteiger partial charge in [-0.3, -0.25) is 4.79 Å². The first-order valence-corrected chi connectivity index (χ1v) is 9.17. The second-order valence-electron chi connectivity index (χ2n) is 5.48. The zero-order chi connectivity index (χ0) is 18.6. The van der Waals surface area contributed by atoms with Crippen LogP contribution in [-0.2, 0) is 16.6 Å². The van der Waals surface area contributed by atoms with Gasteiger partial charge in [0.2, 0.25) is 10.0 Å². The minimum Gasteiger partial charge on any atom is -0.494 e. The summed E-state index contributed by atoms with van der Waals surface area (Å²) < 4.78 is 45.5. The molecule has 0 bridgehead atoms. The monoisotopic (exact) mass is 365 g/mol. The maximum absolute atomic E-state index is 13.8. The smallest absolute Gasteiger partial charge is 0.243 e. The number of ketones is 1. The molecule has 0 fully saturated rings. The van der Waals surface area contributed by atoms with Gasteiger partial charge >= 0.3 is 0 Å². The van der Waals surface area contributed by atoms with Crippen LogP contribution in [0.3, 0.4) is 0 Å². The maximum atomic E-state index is 13.8. The minimum atomic E-state index is -3.75. The van der Waals surface area contributed by atoms with Gasteiger partial charge in [0.25, 0.3) is 0 Å². The van der Waals surface area contributed by atoms with Crippen LogP contribution in [-0.4, -0.2) is 32.2 Å². The van der Waals surface area contributed by atoms with E-state index < -0.39 is 15.8 Å². The number of carbonyl (C=O) groups is 1. The van der Waals surface area contributed by atoms with Crippen molar-refractivity contribution >= 4 is 15.8 Å². The largest absolute Gasteiger partial charge is 0.494 e. The summed E-state index contributed by atoms with van der Waals surface area (Å²) in [5.41, 5.74) is 0.961. The molecule has 2 aromatic rings. The molecule has 0 aliphatic heterocycles. The molecule has 134 valence electrons. The average molecular weight is 365 g/mol. The van der Waals surface area contributed by atoms with Crippen LogP contribution < -0.4 is 4.74 Å². The molecule has 0 radical (unpaired) electrons. The molecular weight excluding hydrogens is 345 g/mol. The van der Waals surface area contributed by atoms with E-state index in [1.165, 1.54) is 54.7 Å². The van der Waals surface area contributed by atoms with Crippen LogP contribution >= 0.6 is 0 Å². The lowest BCUT2D eigenvalue weighted by Gasteiger charge is -2.21. The fourth-order valence-corrected chi connectivity index (χ4v) is 3.83. The quantitative estimate of drug-likeness (QED) is 0.707. The van der Waals surface area contributed by atoms with Crippen molar-refractivity contribution in [1.29, 1.82) is 0 Å². The van der Waals surface area contributed by atoms with Crippen LogP contribution in [0.25, 0.3) is 0 Å². The Morgan fingerprint density at radius 3 is 2.28 bits per heavy atom. The van der Waals surface area contributed by atoms with E-state index in [2.05, 4.69) is 0 Å². The van der Waals surface area contributed by atoms with Crippen molar-refractivity contribution in [3.63, 3.8) is 0 Å². The van der Waals surface area contributed by atoms with Gasteiger partial charge in [-0.15, -0.1) is 0 Å². The van der Waals surface area contributed by atoms with Gasteiger partial charge in [0.05, 0.1) is 12.0 Å². The van der Waals surface area contributed by atoms with Gasteiger partial charge in [0.15, 0.2) is 17.3 Å². The number of sulfonamides is 1. The molecule has 7 heteroatoms. The van der Waals surface area contributed by atoms with E-state index in [4.69, 9.17) is 4.74 Å². The Morgan fingerprint density at radius 2 is 1.80 bits per heavy atom. The molecule has 0 aliphatic carbocycles. The molecule has 5 nitrogen and oxygen atoms in total. The van der Waals surface area contributed by atoms with E-state index in [0.29, 0.717) is 11.1 Å². The summed E-state index contributed by atoms with van der Waals surface area (Å²) in [6, 6.07) is 10.1. The second-order valence-corrected chi connectivity index (χ2v) is 7.42. The molecule has 0 aromatic heterocycles.